The summed E-state index contributed by atoms with van der Waals surface area (Å²) in [4.78, 5) is 31.4. The van der Waals surface area contributed by atoms with E-state index in [1.165, 1.54) is 22.8 Å². The zero-order valence-electron chi connectivity index (χ0n) is 18.9. The lowest BCUT2D eigenvalue weighted by molar-refractivity contribution is -0.136. The van der Waals surface area contributed by atoms with Crippen molar-refractivity contribution in [2.45, 2.75) is 31.2 Å². The van der Waals surface area contributed by atoms with Gasteiger partial charge in [0.05, 0.1) is 33.3 Å². The van der Waals surface area contributed by atoms with Crippen molar-refractivity contribution in [2.24, 2.45) is 0 Å². The van der Waals surface area contributed by atoms with E-state index in [1.54, 1.807) is 6.92 Å². The largest absolute Gasteiger partial charge is 0.418 e. The number of nitriles is 1. The molecule has 2 aromatic carbocycles. The molecule has 0 unspecified atom stereocenters. The summed E-state index contributed by atoms with van der Waals surface area (Å²) in [5.41, 5.74) is -0.329. The zero-order chi connectivity index (χ0) is 25.9. The summed E-state index contributed by atoms with van der Waals surface area (Å²) < 4.78 is 41.6. The van der Waals surface area contributed by atoms with Gasteiger partial charge in [-0.05, 0) is 36.6 Å². The van der Waals surface area contributed by atoms with E-state index in [2.05, 4.69) is 10.3 Å². The van der Waals surface area contributed by atoms with Gasteiger partial charge in [0.25, 0.3) is 11.5 Å². The molecule has 2 heterocycles. The first-order valence-electron chi connectivity index (χ1n) is 10.8. The van der Waals surface area contributed by atoms with E-state index < -0.39 is 17.6 Å². The summed E-state index contributed by atoms with van der Waals surface area (Å²) in [7, 11) is 0. The predicted octanol–water partition coefficient (Wildman–Crippen LogP) is 5.90. The van der Waals surface area contributed by atoms with Gasteiger partial charge in [-0.25, -0.2) is 4.98 Å². The number of fused-ring (bicyclic) bond motifs is 1. The molecule has 4 aromatic rings. The van der Waals surface area contributed by atoms with Crippen molar-refractivity contribution in [2.75, 3.05) is 11.1 Å². The molecule has 0 fully saturated rings. The molecule has 2 aromatic heterocycles. The smallest absolute Gasteiger partial charge is 0.321 e. The first-order valence-corrected chi connectivity index (χ1v) is 12.6. The first-order chi connectivity index (χ1) is 17.2. The minimum absolute atomic E-state index is 0.0786. The minimum atomic E-state index is -4.64. The maximum absolute atomic E-state index is 13.5. The fraction of sp³-hybridized carbons (Fsp3) is 0.200. The van der Waals surface area contributed by atoms with Crippen LogP contribution in [0.25, 0.3) is 10.2 Å². The number of carbonyl (C=O) groups excluding carboxylic acids is 1. The number of amides is 1. The topological polar surface area (TPSA) is 87.8 Å². The highest BCUT2D eigenvalue weighted by Gasteiger charge is 2.34. The van der Waals surface area contributed by atoms with Crippen LogP contribution < -0.4 is 10.9 Å². The van der Waals surface area contributed by atoms with Gasteiger partial charge in [0.15, 0.2) is 5.16 Å². The summed E-state index contributed by atoms with van der Waals surface area (Å²) in [6.45, 7) is 1.89. The van der Waals surface area contributed by atoms with E-state index in [4.69, 9.17) is 5.26 Å². The summed E-state index contributed by atoms with van der Waals surface area (Å²) in [5.74, 6) is -0.677. The number of aromatic nitrogens is 2. The van der Waals surface area contributed by atoms with E-state index in [-0.39, 0.29) is 27.3 Å². The Kier molecular flexibility index (Phi) is 7.47. The molecule has 184 valence electrons. The van der Waals surface area contributed by atoms with Gasteiger partial charge in [0.2, 0.25) is 0 Å². The van der Waals surface area contributed by atoms with Crippen LogP contribution in [-0.2, 0) is 19.1 Å². The number of nitrogens with one attached hydrogen (secondary N) is 1. The van der Waals surface area contributed by atoms with Crippen LogP contribution in [0.2, 0.25) is 0 Å². The highest BCUT2D eigenvalue weighted by Crippen LogP contribution is 2.36. The second kappa shape index (κ2) is 10.6. The number of nitrogens with zero attached hydrogens (tertiary/aromatic N) is 3. The number of carbonyl (C=O) groups is 1. The number of halogens is 3. The second-order valence-electron chi connectivity index (χ2n) is 7.77. The normalized spacial score (nSPS) is 11.4. The maximum atomic E-state index is 13.5. The van der Waals surface area contributed by atoms with Crippen LogP contribution in [-0.4, -0.2) is 21.2 Å². The lowest BCUT2D eigenvalue weighted by atomic mass is 10.1. The molecule has 0 saturated heterocycles. The molecule has 0 bridgehead atoms. The summed E-state index contributed by atoms with van der Waals surface area (Å²) >= 11 is 2.05. The number of aryl methyl sites for hydroxylation is 2. The van der Waals surface area contributed by atoms with Crippen LogP contribution in [0.3, 0.4) is 0 Å². The van der Waals surface area contributed by atoms with Gasteiger partial charge in [-0.1, -0.05) is 54.2 Å². The Balaban J connectivity index is 1.73. The number of thiophene rings is 1. The molecule has 0 aliphatic heterocycles. The number of alkyl halides is 3. The number of thioether (sulfide) groups is 1. The van der Waals surface area contributed by atoms with Crippen molar-refractivity contribution < 1.29 is 18.0 Å². The number of anilines is 1. The third-order valence-electron chi connectivity index (χ3n) is 5.43. The lowest BCUT2D eigenvalue weighted by Crippen LogP contribution is -2.24. The van der Waals surface area contributed by atoms with Crippen molar-refractivity contribution in [1.82, 2.24) is 9.55 Å². The summed E-state index contributed by atoms with van der Waals surface area (Å²) in [6.07, 6.45) is -4.08. The van der Waals surface area contributed by atoms with Crippen molar-refractivity contribution in [3.8, 4) is 6.07 Å². The number of para-hydroxylation sites is 1. The fourth-order valence-electron chi connectivity index (χ4n) is 3.72. The maximum Gasteiger partial charge on any atom is 0.418 e. The Hall–Kier alpha value is -3.62. The molecule has 0 aliphatic carbocycles. The average molecular weight is 529 g/mol. The standard InChI is InChI=1S/C25H19F3N4O2S2/c1-15-19-22(36-20(15)21(33)30-18-10-6-5-9-17(18)25(26,27)28)31-24(35-14-12-29)32(23(19)34)13-11-16-7-3-2-4-8-16/h2-10H,11,13-14H2,1H3,(H,30,33). The van der Waals surface area contributed by atoms with Gasteiger partial charge in [0, 0.05) is 6.54 Å². The minimum Gasteiger partial charge on any atom is -0.321 e. The molecule has 4 rings (SSSR count). The molecule has 0 spiro atoms. The fourth-order valence-corrected chi connectivity index (χ4v) is 5.53. The van der Waals surface area contributed by atoms with Gasteiger partial charge in [-0.2, -0.15) is 18.4 Å². The van der Waals surface area contributed by atoms with E-state index in [1.807, 2.05) is 36.4 Å². The van der Waals surface area contributed by atoms with Crippen molar-refractivity contribution in [3.05, 3.63) is 86.5 Å². The molecule has 36 heavy (non-hydrogen) atoms. The Labute approximate surface area is 212 Å². The third-order valence-corrected chi connectivity index (χ3v) is 7.46. The molecule has 0 aliphatic rings. The molecule has 1 N–H and O–H groups in total. The molecular weight excluding hydrogens is 509 g/mol. The summed E-state index contributed by atoms with van der Waals surface area (Å²) in [5, 5.41) is 12.0. The van der Waals surface area contributed by atoms with Gasteiger partial charge in [-0.15, -0.1) is 11.3 Å². The quantitative estimate of drug-likeness (QED) is 0.239. The Morgan fingerprint density at radius 1 is 1.17 bits per heavy atom. The molecule has 1 amide bonds. The Morgan fingerprint density at radius 3 is 2.56 bits per heavy atom. The first kappa shape index (κ1) is 25.5. The van der Waals surface area contributed by atoms with Crippen LogP contribution in [0.5, 0.6) is 0 Å². The van der Waals surface area contributed by atoms with Gasteiger partial charge >= 0.3 is 6.18 Å². The highest BCUT2D eigenvalue weighted by atomic mass is 32.2. The average Bonchev–Trinajstić information content (AvgIpc) is 3.19. The molecular formula is C25H19F3N4O2S2. The van der Waals surface area contributed by atoms with Gasteiger partial charge in [0.1, 0.15) is 4.83 Å². The molecule has 0 atom stereocenters. The third kappa shape index (κ3) is 5.29. The molecule has 11 heteroatoms. The zero-order valence-corrected chi connectivity index (χ0v) is 20.6. The number of rotatable bonds is 7. The number of hydrogen-bond acceptors (Lipinski definition) is 6. The van der Waals surface area contributed by atoms with Crippen LogP contribution >= 0.6 is 23.1 Å². The van der Waals surface area contributed by atoms with E-state index in [0.717, 1.165) is 34.7 Å². The highest BCUT2D eigenvalue weighted by molar-refractivity contribution is 7.99. The number of benzene rings is 2. The lowest BCUT2D eigenvalue weighted by Gasteiger charge is -2.13. The van der Waals surface area contributed by atoms with Crippen molar-refractivity contribution in [1.29, 1.82) is 5.26 Å². The van der Waals surface area contributed by atoms with Gasteiger partial charge < -0.3 is 5.32 Å². The van der Waals surface area contributed by atoms with Crippen LogP contribution in [0.4, 0.5) is 18.9 Å². The van der Waals surface area contributed by atoms with Crippen molar-refractivity contribution in [3.63, 3.8) is 0 Å². The Bertz CT molecular complexity index is 1520. The van der Waals surface area contributed by atoms with Crippen LogP contribution in [0.1, 0.15) is 26.4 Å². The predicted molar refractivity (Wildman–Crippen MR) is 134 cm³/mol. The molecule has 6 nitrogen and oxygen atoms in total. The van der Waals surface area contributed by atoms with E-state index in [0.29, 0.717) is 28.5 Å². The molecule has 0 saturated carbocycles. The second-order valence-corrected chi connectivity index (χ2v) is 9.71. The van der Waals surface area contributed by atoms with E-state index in [9.17, 15) is 22.8 Å². The van der Waals surface area contributed by atoms with Crippen molar-refractivity contribution >= 4 is 44.9 Å². The summed E-state index contributed by atoms with van der Waals surface area (Å²) in [6, 6.07) is 16.3. The molecule has 0 radical (unpaired) electrons. The van der Waals surface area contributed by atoms with E-state index >= 15 is 0 Å². The van der Waals surface area contributed by atoms with Crippen LogP contribution in [0.15, 0.2) is 64.5 Å². The SMILES string of the molecule is Cc1c(C(=O)Nc2ccccc2C(F)(F)F)sc2nc(SCC#N)n(CCc3ccccc3)c(=O)c12. The number of hydrogen-bond donors (Lipinski definition) is 1. The Morgan fingerprint density at radius 2 is 1.86 bits per heavy atom. The van der Waals surface area contributed by atoms with Gasteiger partial charge in [-0.3, -0.25) is 14.2 Å². The van der Waals surface area contributed by atoms with Crippen LogP contribution in [0, 0.1) is 18.3 Å². The monoisotopic (exact) mass is 528 g/mol.